The van der Waals surface area contributed by atoms with Gasteiger partial charge in [0.15, 0.2) is 0 Å². The van der Waals surface area contributed by atoms with Crippen LogP contribution in [0.15, 0.2) is 61.6 Å². The Hall–Kier alpha value is -2.20. The predicted molar refractivity (Wildman–Crippen MR) is 121 cm³/mol. The number of rotatable bonds is 6. The Kier molecular flexibility index (Phi) is 5.48. The Morgan fingerprint density at radius 1 is 1.07 bits per heavy atom. The number of hydrogen-bond acceptors (Lipinski definition) is 5. The van der Waals surface area contributed by atoms with Gasteiger partial charge < -0.3 is 9.52 Å². The van der Waals surface area contributed by atoms with Crippen LogP contribution in [0.25, 0.3) is 32.4 Å². The number of sulfonamides is 1. The van der Waals surface area contributed by atoms with E-state index in [-0.39, 0.29) is 4.90 Å². The Bertz CT molecular complexity index is 1370. The summed E-state index contributed by atoms with van der Waals surface area (Å²) < 4.78 is 34.8. The van der Waals surface area contributed by atoms with E-state index < -0.39 is 28.0 Å². The SMILES string of the molecule is CC(C)[C@@H](NS(=O)(=O)c1ccc2oc3cc(-c4ccc(Br)s4)ccc3c2c1)C(=O)O. The van der Waals surface area contributed by atoms with Crippen molar-refractivity contribution in [3.63, 3.8) is 0 Å². The molecule has 6 nitrogen and oxygen atoms in total. The normalized spacial score (nSPS) is 13.3. The van der Waals surface area contributed by atoms with Gasteiger partial charge in [-0.05, 0) is 69.9 Å². The number of nitrogens with one attached hydrogen (secondary N) is 1. The number of halogens is 1. The number of carbonyl (C=O) groups is 1. The first-order valence-electron chi connectivity index (χ1n) is 9.13. The molecule has 0 unspecified atom stereocenters. The lowest BCUT2D eigenvalue weighted by atomic mass is 10.1. The van der Waals surface area contributed by atoms with Crippen LogP contribution in [0.3, 0.4) is 0 Å². The topological polar surface area (TPSA) is 96.6 Å². The molecule has 2 N–H and O–H groups in total. The number of carboxylic acid groups (broad SMARTS) is 1. The third-order valence-corrected chi connectivity index (χ3v) is 7.94. The number of benzene rings is 2. The van der Waals surface area contributed by atoms with Gasteiger partial charge in [0.05, 0.1) is 8.68 Å². The van der Waals surface area contributed by atoms with E-state index in [9.17, 15) is 18.3 Å². The van der Waals surface area contributed by atoms with Gasteiger partial charge >= 0.3 is 5.97 Å². The van der Waals surface area contributed by atoms with E-state index in [1.54, 1.807) is 31.3 Å². The van der Waals surface area contributed by atoms with Gasteiger partial charge in [-0.1, -0.05) is 19.9 Å². The second-order valence-corrected chi connectivity index (χ2v) is 11.4. The molecule has 1 atom stereocenters. The van der Waals surface area contributed by atoms with Crippen LogP contribution >= 0.6 is 27.3 Å². The van der Waals surface area contributed by atoms with E-state index in [2.05, 4.69) is 20.7 Å². The van der Waals surface area contributed by atoms with Crippen LogP contribution in [0, 0.1) is 5.92 Å². The highest BCUT2D eigenvalue weighted by atomic mass is 79.9. The Morgan fingerprint density at radius 2 is 1.83 bits per heavy atom. The van der Waals surface area contributed by atoms with Crippen molar-refractivity contribution in [2.24, 2.45) is 5.92 Å². The van der Waals surface area contributed by atoms with Crippen molar-refractivity contribution < 1.29 is 22.7 Å². The fourth-order valence-corrected chi connectivity index (χ4v) is 6.00. The van der Waals surface area contributed by atoms with E-state index in [1.807, 2.05) is 30.3 Å². The van der Waals surface area contributed by atoms with Gasteiger partial charge in [-0.2, -0.15) is 4.72 Å². The summed E-state index contributed by atoms with van der Waals surface area (Å²) in [6.45, 7) is 3.30. The lowest BCUT2D eigenvalue weighted by Gasteiger charge is -2.17. The number of thiophene rings is 1. The first-order valence-corrected chi connectivity index (χ1v) is 12.2. The van der Waals surface area contributed by atoms with Crippen molar-refractivity contribution in [3.8, 4) is 10.4 Å². The lowest BCUT2D eigenvalue weighted by molar-refractivity contribution is -0.140. The van der Waals surface area contributed by atoms with E-state index in [0.717, 1.165) is 19.6 Å². The number of carboxylic acids is 1. The molecule has 0 spiro atoms. The van der Waals surface area contributed by atoms with Crippen LogP contribution in [0.1, 0.15) is 13.8 Å². The molecule has 2 aromatic heterocycles. The van der Waals surface area contributed by atoms with Crippen LogP contribution in [0.2, 0.25) is 0 Å². The van der Waals surface area contributed by atoms with Crippen LogP contribution < -0.4 is 4.72 Å². The minimum Gasteiger partial charge on any atom is -0.480 e. The lowest BCUT2D eigenvalue weighted by Crippen LogP contribution is -2.44. The molecule has 4 aromatic rings. The first-order chi connectivity index (χ1) is 14.2. The van der Waals surface area contributed by atoms with Gasteiger partial charge in [0.2, 0.25) is 10.0 Å². The molecule has 0 aliphatic carbocycles. The van der Waals surface area contributed by atoms with Crippen molar-refractivity contribution in [1.82, 2.24) is 4.72 Å². The molecular weight excluding hydrogens is 490 g/mol. The maximum atomic E-state index is 12.8. The number of hydrogen-bond donors (Lipinski definition) is 2. The summed E-state index contributed by atoms with van der Waals surface area (Å²) in [7, 11) is -4.01. The van der Waals surface area contributed by atoms with Crippen molar-refractivity contribution in [2.45, 2.75) is 24.8 Å². The fourth-order valence-electron chi connectivity index (χ4n) is 3.25. The number of furan rings is 1. The van der Waals surface area contributed by atoms with E-state index in [0.29, 0.717) is 16.6 Å². The van der Waals surface area contributed by atoms with Crippen LogP contribution in [0.4, 0.5) is 0 Å². The monoisotopic (exact) mass is 507 g/mol. The minimum atomic E-state index is -4.01. The average molecular weight is 508 g/mol. The van der Waals surface area contributed by atoms with Crippen molar-refractivity contribution >= 4 is 65.2 Å². The summed E-state index contributed by atoms with van der Waals surface area (Å²) in [6.07, 6.45) is 0. The zero-order valence-corrected chi connectivity index (χ0v) is 19.3. The van der Waals surface area contributed by atoms with Crippen molar-refractivity contribution in [3.05, 3.63) is 52.3 Å². The molecule has 9 heteroatoms. The van der Waals surface area contributed by atoms with Gasteiger partial charge in [-0.15, -0.1) is 11.3 Å². The molecule has 0 aliphatic heterocycles. The van der Waals surface area contributed by atoms with Gasteiger partial charge in [-0.25, -0.2) is 8.42 Å². The van der Waals surface area contributed by atoms with Gasteiger partial charge in [0.25, 0.3) is 0 Å². The molecule has 0 bridgehead atoms. The highest BCUT2D eigenvalue weighted by Gasteiger charge is 2.28. The van der Waals surface area contributed by atoms with Gasteiger partial charge in [0, 0.05) is 15.6 Å². The van der Waals surface area contributed by atoms with Crippen LogP contribution in [-0.4, -0.2) is 25.5 Å². The molecule has 0 amide bonds. The average Bonchev–Trinajstić information content (AvgIpc) is 3.27. The molecule has 0 aliphatic rings. The summed E-state index contributed by atoms with van der Waals surface area (Å²) in [5.41, 5.74) is 2.22. The van der Waals surface area contributed by atoms with Crippen molar-refractivity contribution in [1.29, 1.82) is 0 Å². The highest BCUT2D eigenvalue weighted by Crippen LogP contribution is 2.36. The quantitative estimate of drug-likeness (QED) is 0.360. The smallest absolute Gasteiger partial charge is 0.322 e. The Labute approximate surface area is 185 Å². The first kappa shape index (κ1) is 21.0. The summed E-state index contributed by atoms with van der Waals surface area (Å²) in [5, 5.41) is 10.8. The molecule has 30 heavy (non-hydrogen) atoms. The maximum Gasteiger partial charge on any atom is 0.322 e. The van der Waals surface area contributed by atoms with Gasteiger partial charge in [0.1, 0.15) is 17.2 Å². The minimum absolute atomic E-state index is 0.00383. The molecule has 0 radical (unpaired) electrons. The third kappa shape index (κ3) is 3.90. The summed E-state index contributed by atoms with van der Waals surface area (Å²) in [5.74, 6) is -1.61. The second-order valence-electron chi connectivity index (χ2n) is 7.26. The zero-order chi connectivity index (χ0) is 21.6. The van der Waals surface area contributed by atoms with E-state index in [1.165, 1.54) is 12.1 Å². The molecular formula is C21H18BrNO5S2. The molecule has 4 rings (SSSR count). The number of aliphatic carboxylic acids is 1. The van der Waals surface area contributed by atoms with Crippen LogP contribution in [0.5, 0.6) is 0 Å². The summed E-state index contributed by atoms with van der Waals surface area (Å²) in [6, 6.07) is 13.1. The number of fused-ring (bicyclic) bond motifs is 3. The van der Waals surface area contributed by atoms with E-state index in [4.69, 9.17) is 4.42 Å². The largest absolute Gasteiger partial charge is 0.480 e. The third-order valence-electron chi connectivity index (χ3n) is 4.83. The Balaban J connectivity index is 1.76. The highest BCUT2D eigenvalue weighted by molar-refractivity contribution is 9.11. The zero-order valence-electron chi connectivity index (χ0n) is 16.0. The van der Waals surface area contributed by atoms with Crippen LogP contribution in [-0.2, 0) is 14.8 Å². The molecule has 0 fully saturated rings. The standard InChI is InChI=1S/C21H18BrNO5S2/c1-11(2)20(21(24)25)23-30(26,27)13-4-6-16-15(10-13)14-5-3-12(9-17(14)28-16)18-7-8-19(22)29-18/h3-11,20,23H,1-2H3,(H,24,25)/t20-/m1/s1. The van der Waals surface area contributed by atoms with Crippen molar-refractivity contribution in [2.75, 3.05) is 0 Å². The molecule has 0 saturated heterocycles. The molecule has 2 aromatic carbocycles. The second kappa shape index (κ2) is 7.81. The molecule has 156 valence electrons. The van der Waals surface area contributed by atoms with Gasteiger partial charge in [-0.3, -0.25) is 4.79 Å². The molecule has 0 saturated carbocycles. The molecule has 2 heterocycles. The summed E-state index contributed by atoms with van der Waals surface area (Å²) >= 11 is 5.08. The summed E-state index contributed by atoms with van der Waals surface area (Å²) in [4.78, 5) is 12.5. The van der Waals surface area contributed by atoms with E-state index >= 15 is 0 Å². The predicted octanol–water partition coefficient (Wildman–Crippen LogP) is 5.46. The Morgan fingerprint density at radius 3 is 2.47 bits per heavy atom. The maximum absolute atomic E-state index is 12.8. The fraction of sp³-hybridized carbons (Fsp3) is 0.190.